The van der Waals surface area contributed by atoms with E-state index < -0.39 is 11.2 Å². The predicted molar refractivity (Wildman–Crippen MR) is 203 cm³/mol. The van der Waals surface area contributed by atoms with Gasteiger partial charge >= 0.3 is 0 Å². The first-order valence-corrected chi connectivity index (χ1v) is 15.0. The summed E-state index contributed by atoms with van der Waals surface area (Å²) in [5.41, 5.74) is -1.14. The molecule has 0 saturated carbocycles. The summed E-state index contributed by atoms with van der Waals surface area (Å²) in [5, 5.41) is 33.8. The molecule has 0 unspecified atom stereocenters. The quantitative estimate of drug-likeness (QED) is 0.223. The molecule has 0 aromatic rings. The maximum atomic E-state index is 9.35. The fourth-order valence-electron chi connectivity index (χ4n) is 0. The lowest BCUT2D eigenvalue weighted by Gasteiger charge is -2.33. The van der Waals surface area contributed by atoms with Gasteiger partial charge in [-0.25, -0.2) is 0 Å². The van der Waals surface area contributed by atoms with Gasteiger partial charge in [-0.1, -0.05) is 168 Å². The Balaban J connectivity index is -0.0000000140. The van der Waals surface area contributed by atoms with Crippen molar-refractivity contribution in [3.05, 3.63) is 0 Å². The summed E-state index contributed by atoms with van der Waals surface area (Å²) in [6, 6.07) is 0. The molecule has 0 amide bonds. The Hall–Kier alpha value is -0.160. The van der Waals surface area contributed by atoms with Crippen molar-refractivity contribution in [2.75, 3.05) is 13.2 Å². The van der Waals surface area contributed by atoms with Crippen LogP contribution in [-0.4, -0.2) is 44.8 Å². The monoisotopic (exact) mass is 599 g/mol. The fourth-order valence-corrected chi connectivity index (χ4v) is 0. The lowest BCUT2D eigenvalue weighted by atomic mass is 9.79. The van der Waals surface area contributed by atoms with Gasteiger partial charge in [0.1, 0.15) is 0 Å². The number of hydrogen-bond acceptors (Lipinski definition) is 4. The van der Waals surface area contributed by atoms with Crippen molar-refractivity contribution >= 4 is 0 Å². The molecular formula is C36H102O4. The van der Waals surface area contributed by atoms with E-state index in [0.717, 1.165) is 0 Å². The molecule has 4 nitrogen and oxygen atoms in total. The molecule has 40 heavy (non-hydrogen) atoms. The molecule has 270 valence electrons. The normalized spacial score (nSPS) is 7.65. The van der Waals surface area contributed by atoms with E-state index >= 15 is 0 Å². The Kier molecular flexibility index (Phi) is 203. The first kappa shape index (κ1) is 97.4. The third-order valence-corrected chi connectivity index (χ3v) is 3.67. The van der Waals surface area contributed by atoms with Crippen LogP contribution in [0, 0.1) is 10.8 Å². The summed E-state index contributed by atoms with van der Waals surface area (Å²) in [6.07, 6.45) is 0. The van der Waals surface area contributed by atoms with Crippen LogP contribution in [0.2, 0.25) is 0 Å². The minimum atomic E-state index is -0.562. The Morgan fingerprint density at radius 2 is 0.350 bits per heavy atom. The van der Waals surface area contributed by atoms with E-state index in [0.29, 0.717) is 0 Å². The van der Waals surface area contributed by atoms with Crippen LogP contribution in [-0.2, 0) is 0 Å². The summed E-state index contributed by atoms with van der Waals surface area (Å²) in [4.78, 5) is 0. The summed E-state index contributed by atoms with van der Waals surface area (Å²) in [7, 11) is 0. The molecule has 0 atom stereocenters. The highest BCUT2D eigenvalue weighted by Gasteiger charge is 2.30. The van der Waals surface area contributed by atoms with E-state index in [-0.39, 0.29) is 53.8 Å². The molecule has 0 aliphatic rings. The molecule has 0 aromatic carbocycles. The number of hydrogen-bond donors (Lipinski definition) is 4. The topological polar surface area (TPSA) is 80.9 Å². The molecule has 0 heterocycles. The van der Waals surface area contributed by atoms with Crippen LogP contribution < -0.4 is 0 Å². The number of rotatable bonds is 0. The Labute approximate surface area is 265 Å². The minimum Gasteiger partial charge on any atom is -0.397 e. The molecule has 4 N–H and O–H groups in total. The summed E-state index contributed by atoms with van der Waals surface area (Å²) in [6.45, 7) is 51.3. The SMILES string of the molecule is C.C.C.C.CC.CC.CC.CC.CC.CC.CC.CC(C)(C)C(C)(C)O.CC(C)(C)C(C)(C)O.CCO.CCO. The third-order valence-electron chi connectivity index (χ3n) is 3.67. The highest BCUT2D eigenvalue weighted by atomic mass is 16.3. The molecule has 0 aliphatic heterocycles. The van der Waals surface area contributed by atoms with Crippen molar-refractivity contribution in [1.82, 2.24) is 0 Å². The van der Waals surface area contributed by atoms with Crippen LogP contribution in [0.25, 0.3) is 0 Å². The highest BCUT2D eigenvalue weighted by Crippen LogP contribution is 2.29. The molecule has 0 fully saturated rings. The van der Waals surface area contributed by atoms with E-state index in [1.807, 2.05) is 166 Å². The highest BCUT2D eigenvalue weighted by molar-refractivity contribution is 4.81. The van der Waals surface area contributed by atoms with Gasteiger partial charge in [0.05, 0.1) is 11.2 Å². The molecule has 0 spiro atoms. The van der Waals surface area contributed by atoms with Crippen molar-refractivity contribution < 1.29 is 20.4 Å². The predicted octanol–water partition coefficient (Wildman–Crippen LogP) is 13.3. The van der Waals surface area contributed by atoms with Crippen LogP contribution in [0.1, 0.15) is 210 Å². The molecular weight excluding hydrogens is 496 g/mol. The lowest BCUT2D eigenvalue weighted by Crippen LogP contribution is -2.35. The number of aliphatic hydroxyl groups is 4. The maximum Gasteiger partial charge on any atom is 0.0639 e. The van der Waals surface area contributed by atoms with Crippen LogP contribution in [0.5, 0.6) is 0 Å². The Morgan fingerprint density at radius 1 is 0.325 bits per heavy atom. The molecule has 0 bridgehead atoms. The average Bonchev–Trinajstić information content (AvgIpc) is 2.82. The molecule has 0 rings (SSSR count). The van der Waals surface area contributed by atoms with Gasteiger partial charge in [-0.3, -0.25) is 0 Å². The van der Waals surface area contributed by atoms with Gasteiger partial charge < -0.3 is 20.4 Å². The fraction of sp³-hybridized carbons (Fsp3) is 1.00. The molecule has 0 aliphatic carbocycles. The van der Waals surface area contributed by atoms with E-state index in [2.05, 4.69) is 0 Å². The van der Waals surface area contributed by atoms with Crippen molar-refractivity contribution in [2.24, 2.45) is 10.8 Å². The summed E-state index contributed by atoms with van der Waals surface area (Å²) < 4.78 is 0. The minimum absolute atomic E-state index is 0. The van der Waals surface area contributed by atoms with Crippen molar-refractivity contribution in [2.45, 2.75) is 221 Å². The van der Waals surface area contributed by atoms with Crippen LogP contribution >= 0.6 is 0 Å². The van der Waals surface area contributed by atoms with E-state index in [1.54, 1.807) is 13.8 Å². The van der Waals surface area contributed by atoms with E-state index in [9.17, 15) is 10.2 Å². The van der Waals surface area contributed by atoms with Gasteiger partial charge in [0.25, 0.3) is 0 Å². The first-order chi connectivity index (χ1) is 16.3. The summed E-state index contributed by atoms with van der Waals surface area (Å²) >= 11 is 0. The maximum absolute atomic E-state index is 9.35. The average molecular weight is 599 g/mol. The smallest absolute Gasteiger partial charge is 0.0639 e. The van der Waals surface area contributed by atoms with E-state index in [1.165, 1.54) is 0 Å². The second kappa shape index (κ2) is 83.3. The van der Waals surface area contributed by atoms with Gasteiger partial charge in [0, 0.05) is 13.2 Å². The van der Waals surface area contributed by atoms with Crippen molar-refractivity contribution in [1.29, 1.82) is 0 Å². The largest absolute Gasteiger partial charge is 0.397 e. The molecule has 0 saturated heterocycles. The van der Waals surface area contributed by atoms with Crippen LogP contribution in [0.3, 0.4) is 0 Å². The van der Waals surface area contributed by atoms with Gasteiger partial charge in [0.15, 0.2) is 0 Å². The second-order valence-corrected chi connectivity index (χ2v) is 8.25. The van der Waals surface area contributed by atoms with E-state index in [4.69, 9.17) is 10.2 Å². The molecule has 0 radical (unpaired) electrons. The zero-order valence-electron chi connectivity index (χ0n) is 31.2. The molecule has 0 aromatic heterocycles. The second-order valence-electron chi connectivity index (χ2n) is 8.25. The van der Waals surface area contributed by atoms with Crippen molar-refractivity contribution in [3.8, 4) is 0 Å². The van der Waals surface area contributed by atoms with Gasteiger partial charge in [-0.15, -0.1) is 0 Å². The third kappa shape index (κ3) is 161. The van der Waals surface area contributed by atoms with Crippen molar-refractivity contribution in [3.63, 3.8) is 0 Å². The zero-order valence-corrected chi connectivity index (χ0v) is 31.2. The summed E-state index contributed by atoms with van der Waals surface area (Å²) in [5.74, 6) is 0. The van der Waals surface area contributed by atoms with Gasteiger partial charge in [0.2, 0.25) is 0 Å². The van der Waals surface area contributed by atoms with Crippen LogP contribution in [0.15, 0.2) is 0 Å². The Morgan fingerprint density at radius 3 is 0.350 bits per heavy atom. The zero-order chi connectivity index (χ0) is 33.4. The van der Waals surface area contributed by atoms with Gasteiger partial charge in [-0.05, 0) is 52.4 Å². The van der Waals surface area contributed by atoms with Crippen LogP contribution in [0.4, 0.5) is 0 Å². The molecule has 4 heteroatoms. The standard InChI is InChI=1S/2C7H16O.2C2H6O.7C2H6.4CH4/c2*1-6(2,3)7(4,5)8;2*1-2-3;7*1-2;;;;/h2*8H,1-5H3;2*3H,2H2,1H3;7*1-2H3;4*1H4. The number of aliphatic hydroxyl groups excluding tert-OH is 2. The van der Waals surface area contributed by atoms with Gasteiger partial charge in [-0.2, -0.15) is 0 Å². The first-order valence-electron chi connectivity index (χ1n) is 15.0. The Bertz CT molecular complexity index is 175. The lowest BCUT2D eigenvalue weighted by molar-refractivity contribution is -0.0240.